The van der Waals surface area contributed by atoms with Crippen molar-refractivity contribution in [2.75, 3.05) is 25.6 Å². The number of hydrogen-bond donors (Lipinski definition) is 2. The molecule has 3 rings (SSSR count). The Morgan fingerprint density at radius 2 is 2.04 bits per heavy atom. The number of nitrogens with zero attached hydrogens (tertiary/aromatic N) is 3. The van der Waals surface area contributed by atoms with Crippen LogP contribution in [0.4, 0.5) is 10.2 Å². The van der Waals surface area contributed by atoms with Crippen molar-refractivity contribution in [1.29, 1.82) is 0 Å². The van der Waals surface area contributed by atoms with E-state index >= 15 is 4.39 Å². The van der Waals surface area contributed by atoms with E-state index in [4.69, 9.17) is 19.9 Å². The topological polar surface area (TPSA) is 104 Å². The van der Waals surface area contributed by atoms with Crippen molar-refractivity contribution in [2.24, 2.45) is 0 Å². The summed E-state index contributed by atoms with van der Waals surface area (Å²) in [5, 5.41) is 15.2. The fourth-order valence-corrected chi connectivity index (χ4v) is 3.33. The Bertz CT molecular complexity index is 773. The Labute approximate surface area is 163 Å². The molecule has 4 atom stereocenters. The lowest BCUT2D eigenvalue weighted by Crippen LogP contribution is -2.40. The van der Waals surface area contributed by atoms with Gasteiger partial charge >= 0.3 is 0 Å². The summed E-state index contributed by atoms with van der Waals surface area (Å²) in [5.41, 5.74) is 6.45. The van der Waals surface area contributed by atoms with Gasteiger partial charge in [0, 0.05) is 13.2 Å². The molecule has 0 amide bonds. The molecule has 1 unspecified atom stereocenters. The van der Waals surface area contributed by atoms with Gasteiger partial charge in [0.2, 0.25) is 5.79 Å². The highest BCUT2D eigenvalue weighted by Crippen LogP contribution is 2.41. The zero-order valence-electron chi connectivity index (χ0n) is 16.4. The van der Waals surface area contributed by atoms with Crippen LogP contribution in [0, 0.1) is 0 Å². The first-order valence-electron chi connectivity index (χ1n) is 9.85. The molecule has 156 valence electrons. The first kappa shape index (κ1) is 20.9. The minimum atomic E-state index is -2.22. The van der Waals surface area contributed by atoms with Crippen molar-refractivity contribution in [2.45, 2.75) is 63.7 Å². The van der Waals surface area contributed by atoms with Gasteiger partial charge in [0.05, 0.1) is 6.61 Å². The Morgan fingerprint density at radius 3 is 2.79 bits per heavy atom. The largest absolute Gasteiger partial charge is 0.382 e. The number of aliphatic hydroxyl groups is 1. The first-order valence-corrected chi connectivity index (χ1v) is 9.85. The SMILES string of the molecule is CCCCOC[C@H]1OC(O)(c2ccc3c(N)ncnn23)[C@H](F)[C@@H]1OCCCC. The van der Waals surface area contributed by atoms with E-state index in [9.17, 15) is 5.11 Å². The van der Waals surface area contributed by atoms with Crippen molar-refractivity contribution in [3.63, 3.8) is 0 Å². The van der Waals surface area contributed by atoms with E-state index in [0.717, 1.165) is 25.7 Å². The highest BCUT2D eigenvalue weighted by atomic mass is 19.1. The normalized spacial score (nSPS) is 27.6. The molecule has 0 spiro atoms. The number of anilines is 1. The van der Waals surface area contributed by atoms with E-state index in [-0.39, 0.29) is 18.1 Å². The molecule has 0 aliphatic carbocycles. The number of alkyl halides is 1. The predicted octanol–water partition coefficient (Wildman–Crippen LogP) is 2.20. The van der Waals surface area contributed by atoms with Gasteiger partial charge in [0.1, 0.15) is 29.7 Å². The molecule has 3 heterocycles. The van der Waals surface area contributed by atoms with Crippen LogP contribution in [-0.2, 0) is 20.0 Å². The smallest absolute Gasteiger partial charge is 0.245 e. The van der Waals surface area contributed by atoms with E-state index in [1.165, 1.54) is 16.9 Å². The summed E-state index contributed by atoms with van der Waals surface area (Å²) in [7, 11) is 0. The first-order chi connectivity index (χ1) is 13.5. The Hall–Kier alpha value is -1.81. The molecule has 3 N–H and O–H groups in total. The summed E-state index contributed by atoms with van der Waals surface area (Å²) in [4.78, 5) is 3.91. The molecule has 1 fully saturated rings. The van der Waals surface area contributed by atoms with E-state index in [2.05, 4.69) is 17.0 Å². The summed E-state index contributed by atoms with van der Waals surface area (Å²) in [5.74, 6) is -1.99. The van der Waals surface area contributed by atoms with Crippen molar-refractivity contribution >= 4 is 11.3 Å². The number of aromatic nitrogens is 3. The minimum absolute atomic E-state index is 0.139. The molecular formula is C19H29FN4O4. The number of unbranched alkanes of at least 4 members (excludes halogenated alkanes) is 2. The van der Waals surface area contributed by atoms with Crippen LogP contribution < -0.4 is 5.73 Å². The van der Waals surface area contributed by atoms with Gasteiger partial charge < -0.3 is 25.1 Å². The van der Waals surface area contributed by atoms with Crippen LogP contribution in [0.15, 0.2) is 18.5 Å². The molecule has 0 saturated carbocycles. The van der Waals surface area contributed by atoms with Crippen LogP contribution in [0.3, 0.4) is 0 Å². The summed E-state index contributed by atoms with van der Waals surface area (Å²) in [6.45, 7) is 5.16. The van der Waals surface area contributed by atoms with E-state index in [0.29, 0.717) is 18.7 Å². The lowest BCUT2D eigenvalue weighted by molar-refractivity contribution is -0.232. The summed E-state index contributed by atoms with van der Waals surface area (Å²) in [6.07, 6.45) is 1.37. The van der Waals surface area contributed by atoms with Crippen molar-refractivity contribution in [3.05, 3.63) is 24.2 Å². The lowest BCUT2D eigenvalue weighted by atomic mass is 10.0. The summed E-state index contributed by atoms with van der Waals surface area (Å²) < 4.78 is 33.9. The second kappa shape index (κ2) is 9.13. The molecule has 1 aliphatic rings. The number of nitrogen functional groups attached to an aromatic ring is 1. The molecule has 0 bridgehead atoms. The fraction of sp³-hybridized carbons (Fsp3) is 0.684. The van der Waals surface area contributed by atoms with Gasteiger partial charge in [-0.1, -0.05) is 26.7 Å². The monoisotopic (exact) mass is 396 g/mol. The van der Waals surface area contributed by atoms with Crippen LogP contribution in [-0.4, -0.2) is 57.9 Å². The van der Waals surface area contributed by atoms with E-state index in [1.807, 2.05) is 6.92 Å². The highest BCUT2D eigenvalue weighted by molar-refractivity contribution is 5.65. The fourth-order valence-electron chi connectivity index (χ4n) is 3.33. The molecular weight excluding hydrogens is 367 g/mol. The maximum absolute atomic E-state index is 15.4. The van der Waals surface area contributed by atoms with Gasteiger partial charge in [-0.3, -0.25) is 0 Å². The molecule has 8 nitrogen and oxygen atoms in total. The number of halogens is 1. The van der Waals surface area contributed by atoms with Crippen LogP contribution in [0.25, 0.3) is 5.52 Å². The molecule has 0 aromatic carbocycles. The number of hydrogen-bond acceptors (Lipinski definition) is 7. The average Bonchev–Trinajstić information content (AvgIpc) is 3.22. The number of nitrogens with two attached hydrogens (primary N) is 1. The third-order valence-electron chi connectivity index (χ3n) is 4.94. The zero-order valence-corrected chi connectivity index (χ0v) is 16.4. The van der Waals surface area contributed by atoms with Crippen molar-refractivity contribution < 1.29 is 23.7 Å². The summed E-state index contributed by atoms with van der Waals surface area (Å²) in [6, 6.07) is 3.16. The standard InChI is InChI=1S/C19H29FN4O4/c1-3-5-9-26-11-14-16(27-10-6-4-2)17(20)19(25,28-14)15-8-7-13-18(21)22-12-23-24(13)15/h7-8,12,14,16-17,25H,3-6,9-11H2,1-2H3,(H2,21,22,23)/t14-,16-,17-,19?/m1/s1. The minimum Gasteiger partial charge on any atom is -0.382 e. The van der Waals surface area contributed by atoms with Crippen LogP contribution in [0.1, 0.15) is 45.2 Å². The molecule has 1 saturated heterocycles. The molecule has 1 aliphatic heterocycles. The number of rotatable bonds is 10. The third-order valence-corrected chi connectivity index (χ3v) is 4.94. The van der Waals surface area contributed by atoms with Crippen LogP contribution in [0.5, 0.6) is 0 Å². The van der Waals surface area contributed by atoms with E-state index in [1.54, 1.807) is 6.07 Å². The number of fused-ring (bicyclic) bond motifs is 1. The van der Waals surface area contributed by atoms with Gasteiger partial charge in [0.25, 0.3) is 0 Å². The van der Waals surface area contributed by atoms with Crippen LogP contribution in [0.2, 0.25) is 0 Å². The third kappa shape index (κ3) is 3.98. The molecule has 9 heteroatoms. The highest BCUT2D eigenvalue weighted by Gasteiger charge is 2.58. The quantitative estimate of drug-likeness (QED) is 0.593. The maximum Gasteiger partial charge on any atom is 0.245 e. The van der Waals surface area contributed by atoms with Gasteiger partial charge in [-0.15, -0.1) is 0 Å². The Kier molecular flexibility index (Phi) is 6.82. The second-order valence-electron chi connectivity index (χ2n) is 7.03. The predicted molar refractivity (Wildman–Crippen MR) is 101 cm³/mol. The average molecular weight is 396 g/mol. The van der Waals surface area contributed by atoms with Gasteiger partial charge in [-0.25, -0.2) is 13.9 Å². The van der Waals surface area contributed by atoms with Gasteiger partial charge in [-0.2, -0.15) is 5.10 Å². The second-order valence-corrected chi connectivity index (χ2v) is 7.03. The molecule has 0 radical (unpaired) electrons. The van der Waals surface area contributed by atoms with Gasteiger partial charge in [-0.05, 0) is 25.0 Å². The Balaban J connectivity index is 1.85. The molecule has 2 aromatic heterocycles. The Morgan fingerprint density at radius 1 is 1.29 bits per heavy atom. The number of ether oxygens (including phenoxy) is 3. The lowest BCUT2D eigenvalue weighted by Gasteiger charge is -2.24. The van der Waals surface area contributed by atoms with Gasteiger partial charge in [0.15, 0.2) is 12.0 Å². The zero-order chi connectivity index (χ0) is 20.1. The van der Waals surface area contributed by atoms with Crippen molar-refractivity contribution in [3.8, 4) is 0 Å². The van der Waals surface area contributed by atoms with Crippen molar-refractivity contribution in [1.82, 2.24) is 14.6 Å². The van der Waals surface area contributed by atoms with Crippen LogP contribution >= 0.6 is 0 Å². The summed E-state index contributed by atoms with van der Waals surface area (Å²) >= 11 is 0. The molecule has 28 heavy (non-hydrogen) atoms. The molecule has 2 aromatic rings. The maximum atomic E-state index is 15.4. The van der Waals surface area contributed by atoms with E-state index < -0.39 is 24.2 Å².